The first kappa shape index (κ1) is 14.7. The molecular formula is C16H19N3O2. The molecular weight excluding hydrogens is 266 g/mol. The van der Waals surface area contributed by atoms with Crippen LogP contribution in [0.2, 0.25) is 0 Å². The van der Waals surface area contributed by atoms with Crippen molar-refractivity contribution in [2.45, 2.75) is 6.54 Å². The summed E-state index contributed by atoms with van der Waals surface area (Å²) < 4.78 is 0. The van der Waals surface area contributed by atoms with Crippen molar-refractivity contribution in [3.8, 4) is 0 Å². The van der Waals surface area contributed by atoms with Crippen molar-refractivity contribution in [3.63, 3.8) is 0 Å². The van der Waals surface area contributed by atoms with E-state index in [1.807, 2.05) is 67.5 Å². The van der Waals surface area contributed by atoms with Gasteiger partial charge in [-0.1, -0.05) is 12.1 Å². The van der Waals surface area contributed by atoms with E-state index in [-0.39, 0.29) is 0 Å². The summed E-state index contributed by atoms with van der Waals surface area (Å²) >= 11 is 0. The second-order valence-electron chi connectivity index (χ2n) is 4.92. The van der Waals surface area contributed by atoms with Gasteiger partial charge < -0.3 is 20.6 Å². The molecule has 0 saturated carbocycles. The molecule has 2 aromatic rings. The molecule has 1 amide bonds. The number of rotatable bonds is 5. The summed E-state index contributed by atoms with van der Waals surface area (Å²) in [5.41, 5.74) is 4.05. The van der Waals surface area contributed by atoms with Crippen LogP contribution in [-0.2, 0) is 6.54 Å². The number of carbonyl (C=O) groups is 1. The van der Waals surface area contributed by atoms with E-state index in [0.29, 0.717) is 6.54 Å². The number of hydrogen-bond donors (Lipinski definition) is 3. The second-order valence-corrected chi connectivity index (χ2v) is 4.92. The standard InChI is InChI=1S/C16H19N3O2/c1-19(2)15-9-7-14(8-10-15)18-13-5-3-12(4-6-13)11-17-16(20)21/h3-10,17-18H,11H2,1-2H3,(H,20,21). The normalized spacial score (nSPS) is 10.0. The molecule has 3 N–H and O–H groups in total. The molecule has 21 heavy (non-hydrogen) atoms. The highest BCUT2D eigenvalue weighted by Gasteiger charge is 1.99. The van der Waals surface area contributed by atoms with Crippen LogP contribution in [-0.4, -0.2) is 25.3 Å². The highest BCUT2D eigenvalue weighted by Crippen LogP contribution is 2.20. The zero-order valence-electron chi connectivity index (χ0n) is 12.1. The molecule has 2 rings (SSSR count). The van der Waals surface area contributed by atoms with Gasteiger partial charge in [0, 0.05) is 37.7 Å². The van der Waals surface area contributed by atoms with Crippen molar-refractivity contribution in [2.24, 2.45) is 0 Å². The first-order chi connectivity index (χ1) is 10.0. The Labute approximate surface area is 124 Å². The minimum atomic E-state index is -1.02. The molecule has 2 aromatic carbocycles. The maximum atomic E-state index is 10.4. The van der Waals surface area contributed by atoms with Crippen molar-refractivity contribution in [1.82, 2.24) is 5.32 Å². The van der Waals surface area contributed by atoms with Crippen LogP contribution < -0.4 is 15.5 Å². The molecule has 0 radical (unpaired) electrons. The lowest BCUT2D eigenvalue weighted by Crippen LogP contribution is -2.19. The molecule has 0 saturated heterocycles. The first-order valence-corrected chi connectivity index (χ1v) is 6.65. The van der Waals surface area contributed by atoms with Gasteiger partial charge in [0.25, 0.3) is 0 Å². The first-order valence-electron chi connectivity index (χ1n) is 6.65. The Balaban J connectivity index is 1.98. The van der Waals surface area contributed by atoms with E-state index in [2.05, 4.69) is 10.6 Å². The summed E-state index contributed by atoms with van der Waals surface area (Å²) in [4.78, 5) is 12.5. The van der Waals surface area contributed by atoms with Crippen LogP contribution in [0.1, 0.15) is 5.56 Å². The van der Waals surface area contributed by atoms with Crippen molar-refractivity contribution in [3.05, 3.63) is 54.1 Å². The molecule has 0 bridgehead atoms. The van der Waals surface area contributed by atoms with Gasteiger partial charge in [0.2, 0.25) is 0 Å². The smallest absolute Gasteiger partial charge is 0.404 e. The van der Waals surface area contributed by atoms with E-state index in [4.69, 9.17) is 5.11 Å². The minimum Gasteiger partial charge on any atom is -0.465 e. The van der Waals surface area contributed by atoms with Crippen LogP contribution in [0.4, 0.5) is 21.9 Å². The average molecular weight is 285 g/mol. The number of carboxylic acid groups (broad SMARTS) is 1. The van der Waals surface area contributed by atoms with Gasteiger partial charge in [0.05, 0.1) is 0 Å². The van der Waals surface area contributed by atoms with Crippen LogP contribution in [0.3, 0.4) is 0 Å². The Kier molecular flexibility index (Phi) is 4.66. The lowest BCUT2D eigenvalue weighted by atomic mass is 10.2. The molecule has 0 heterocycles. The zero-order valence-corrected chi connectivity index (χ0v) is 12.1. The van der Waals surface area contributed by atoms with Gasteiger partial charge in [-0.05, 0) is 42.0 Å². The summed E-state index contributed by atoms with van der Waals surface area (Å²) in [5, 5.41) is 14.2. The molecule has 0 aliphatic rings. The quantitative estimate of drug-likeness (QED) is 0.789. The number of amides is 1. The number of anilines is 3. The molecule has 5 nitrogen and oxygen atoms in total. The highest BCUT2D eigenvalue weighted by atomic mass is 16.4. The summed E-state index contributed by atoms with van der Waals surface area (Å²) in [6, 6.07) is 15.8. The third kappa shape index (κ3) is 4.42. The van der Waals surface area contributed by atoms with Gasteiger partial charge >= 0.3 is 6.09 Å². The van der Waals surface area contributed by atoms with E-state index < -0.39 is 6.09 Å². The minimum absolute atomic E-state index is 0.313. The van der Waals surface area contributed by atoms with Crippen LogP contribution in [0.15, 0.2) is 48.5 Å². The van der Waals surface area contributed by atoms with Crippen molar-refractivity contribution in [2.75, 3.05) is 24.3 Å². The average Bonchev–Trinajstić information content (AvgIpc) is 2.47. The molecule has 0 atom stereocenters. The number of benzene rings is 2. The van der Waals surface area contributed by atoms with E-state index in [9.17, 15) is 4.79 Å². The maximum absolute atomic E-state index is 10.4. The van der Waals surface area contributed by atoms with Gasteiger partial charge in [-0.15, -0.1) is 0 Å². The molecule has 5 heteroatoms. The van der Waals surface area contributed by atoms with E-state index >= 15 is 0 Å². The monoisotopic (exact) mass is 285 g/mol. The Bertz CT molecular complexity index is 592. The lowest BCUT2D eigenvalue weighted by molar-refractivity contribution is 0.194. The Hall–Kier alpha value is -2.69. The summed E-state index contributed by atoms with van der Waals surface area (Å²) in [7, 11) is 4.01. The van der Waals surface area contributed by atoms with E-state index in [1.54, 1.807) is 0 Å². The van der Waals surface area contributed by atoms with Crippen LogP contribution >= 0.6 is 0 Å². The van der Waals surface area contributed by atoms with Crippen molar-refractivity contribution >= 4 is 23.2 Å². The van der Waals surface area contributed by atoms with Gasteiger partial charge in [0.1, 0.15) is 0 Å². The SMILES string of the molecule is CN(C)c1ccc(Nc2ccc(CNC(=O)O)cc2)cc1. The zero-order chi connectivity index (χ0) is 15.2. The summed E-state index contributed by atoms with van der Waals surface area (Å²) in [6.45, 7) is 0.313. The van der Waals surface area contributed by atoms with Gasteiger partial charge in [0.15, 0.2) is 0 Å². The Morgan fingerprint density at radius 2 is 1.52 bits per heavy atom. The molecule has 0 aliphatic heterocycles. The lowest BCUT2D eigenvalue weighted by Gasteiger charge is -2.13. The fourth-order valence-corrected chi connectivity index (χ4v) is 1.89. The second kappa shape index (κ2) is 6.65. The topological polar surface area (TPSA) is 64.6 Å². The van der Waals surface area contributed by atoms with Crippen molar-refractivity contribution in [1.29, 1.82) is 0 Å². The molecule has 0 spiro atoms. The third-order valence-corrected chi connectivity index (χ3v) is 3.07. The van der Waals surface area contributed by atoms with E-state index in [0.717, 1.165) is 22.6 Å². The van der Waals surface area contributed by atoms with Gasteiger partial charge in [-0.25, -0.2) is 4.79 Å². The van der Waals surface area contributed by atoms with Crippen molar-refractivity contribution < 1.29 is 9.90 Å². The maximum Gasteiger partial charge on any atom is 0.404 e. The Morgan fingerprint density at radius 1 is 1.00 bits per heavy atom. The fourth-order valence-electron chi connectivity index (χ4n) is 1.89. The van der Waals surface area contributed by atoms with Gasteiger partial charge in [-0.2, -0.15) is 0 Å². The number of nitrogens with zero attached hydrogens (tertiary/aromatic N) is 1. The number of hydrogen-bond acceptors (Lipinski definition) is 3. The Morgan fingerprint density at radius 3 is 2.00 bits per heavy atom. The third-order valence-electron chi connectivity index (χ3n) is 3.07. The highest BCUT2D eigenvalue weighted by molar-refractivity contribution is 5.65. The molecule has 0 fully saturated rings. The summed E-state index contributed by atoms with van der Waals surface area (Å²) in [5.74, 6) is 0. The van der Waals surface area contributed by atoms with E-state index in [1.165, 1.54) is 0 Å². The predicted octanol–water partition coefficient (Wildman–Crippen LogP) is 3.26. The largest absolute Gasteiger partial charge is 0.465 e. The predicted molar refractivity (Wildman–Crippen MR) is 85.4 cm³/mol. The molecule has 0 unspecified atom stereocenters. The van der Waals surface area contributed by atoms with Crippen LogP contribution in [0, 0.1) is 0 Å². The number of nitrogens with one attached hydrogen (secondary N) is 2. The van der Waals surface area contributed by atoms with Crippen LogP contribution in [0.25, 0.3) is 0 Å². The molecule has 0 aliphatic carbocycles. The summed E-state index contributed by atoms with van der Waals surface area (Å²) in [6.07, 6.45) is -1.02. The fraction of sp³-hybridized carbons (Fsp3) is 0.188. The molecule has 110 valence electrons. The van der Waals surface area contributed by atoms with Gasteiger partial charge in [-0.3, -0.25) is 0 Å². The molecule has 0 aromatic heterocycles. The van der Waals surface area contributed by atoms with Crippen LogP contribution in [0.5, 0.6) is 0 Å².